The molecule has 12 heteroatoms. The van der Waals surface area contributed by atoms with Crippen LogP contribution in [-0.2, 0) is 44.5 Å². The fraction of sp³-hybridized carbons (Fsp3) is 0.531. The molecule has 2 N–H and O–H groups in total. The van der Waals surface area contributed by atoms with Crippen LogP contribution in [0.4, 0.5) is 5.82 Å². The Morgan fingerprint density at radius 1 is 0.795 bits per heavy atom. The van der Waals surface area contributed by atoms with Crippen LogP contribution in [0.3, 0.4) is 0 Å². The van der Waals surface area contributed by atoms with Gasteiger partial charge in [0.25, 0.3) is 11.8 Å². The van der Waals surface area contributed by atoms with Crippen LogP contribution in [-0.4, -0.2) is 99.5 Å². The lowest BCUT2D eigenvalue weighted by Gasteiger charge is -2.13. The van der Waals surface area contributed by atoms with E-state index >= 15 is 0 Å². The van der Waals surface area contributed by atoms with Crippen molar-refractivity contribution < 1.29 is 38.1 Å². The molecule has 0 spiro atoms. The quantitative estimate of drug-likeness (QED) is 0.143. The summed E-state index contributed by atoms with van der Waals surface area (Å²) in [6.45, 7) is 5.51. The van der Waals surface area contributed by atoms with Crippen LogP contribution in [0.25, 0.3) is 10.9 Å². The Morgan fingerprint density at radius 3 is 2.11 bits per heavy atom. The summed E-state index contributed by atoms with van der Waals surface area (Å²) in [5.74, 6) is -0.556. The largest absolute Gasteiger partial charge is 0.379 e. The summed E-state index contributed by atoms with van der Waals surface area (Å²) in [5, 5.41) is 6.72. The number of amides is 4. The highest BCUT2D eigenvalue weighted by atomic mass is 16.6. The number of anilines is 1. The molecule has 2 heterocycles. The van der Waals surface area contributed by atoms with Crippen molar-refractivity contribution in [3.05, 3.63) is 48.0 Å². The SMILES string of the molecule is CCCCCc1cc2ccccc2nc1NC(=O)CCOCCOCCOCCOCCNC(=O)CCN1C(=O)C=CC1=O. The Labute approximate surface area is 258 Å². The van der Waals surface area contributed by atoms with E-state index in [-0.39, 0.29) is 37.8 Å². The minimum Gasteiger partial charge on any atom is -0.379 e. The number of aryl methyl sites for hydroxylation is 1. The van der Waals surface area contributed by atoms with Gasteiger partial charge in [-0.25, -0.2) is 4.98 Å². The minimum atomic E-state index is -0.399. The smallest absolute Gasteiger partial charge is 0.253 e. The van der Waals surface area contributed by atoms with Crippen LogP contribution < -0.4 is 10.6 Å². The predicted octanol–water partition coefficient (Wildman–Crippen LogP) is 2.79. The molecule has 0 atom stereocenters. The highest BCUT2D eigenvalue weighted by Crippen LogP contribution is 2.22. The van der Waals surface area contributed by atoms with Gasteiger partial charge in [0.2, 0.25) is 11.8 Å². The fourth-order valence-electron chi connectivity index (χ4n) is 4.36. The van der Waals surface area contributed by atoms with Crippen molar-refractivity contribution in [3.8, 4) is 0 Å². The summed E-state index contributed by atoms with van der Waals surface area (Å²) in [7, 11) is 0. The number of fused-ring (bicyclic) bond motifs is 1. The predicted molar refractivity (Wildman–Crippen MR) is 165 cm³/mol. The van der Waals surface area contributed by atoms with E-state index in [2.05, 4.69) is 23.6 Å². The maximum atomic E-state index is 12.5. The first-order valence-corrected chi connectivity index (χ1v) is 15.3. The lowest BCUT2D eigenvalue weighted by molar-refractivity contribution is -0.137. The molecule has 0 saturated carbocycles. The van der Waals surface area contributed by atoms with E-state index in [4.69, 9.17) is 23.9 Å². The molecule has 0 unspecified atom stereocenters. The molecular weight excluding hydrogens is 568 g/mol. The van der Waals surface area contributed by atoms with E-state index in [1.165, 1.54) is 12.2 Å². The Bertz CT molecular complexity index is 1230. The van der Waals surface area contributed by atoms with E-state index in [1.54, 1.807) is 0 Å². The number of aromatic nitrogens is 1. The van der Waals surface area contributed by atoms with Crippen LogP contribution in [0.5, 0.6) is 0 Å². The summed E-state index contributed by atoms with van der Waals surface area (Å²) < 4.78 is 21.9. The number of carbonyl (C=O) groups is 4. The second kappa shape index (κ2) is 20.3. The first-order valence-electron chi connectivity index (χ1n) is 15.3. The molecule has 1 aliphatic heterocycles. The number of rotatable bonds is 23. The number of para-hydroxylation sites is 1. The minimum absolute atomic E-state index is 0.0481. The lowest BCUT2D eigenvalue weighted by atomic mass is 10.1. The van der Waals surface area contributed by atoms with E-state index in [0.29, 0.717) is 58.6 Å². The Balaban J connectivity index is 1.13. The number of carbonyl (C=O) groups excluding carboxylic acids is 4. The van der Waals surface area contributed by atoms with Crippen LogP contribution in [0.2, 0.25) is 0 Å². The molecule has 1 aliphatic rings. The van der Waals surface area contributed by atoms with Crippen molar-refractivity contribution >= 4 is 40.3 Å². The van der Waals surface area contributed by atoms with Gasteiger partial charge in [-0.05, 0) is 30.5 Å². The molecule has 44 heavy (non-hydrogen) atoms. The molecule has 0 saturated heterocycles. The summed E-state index contributed by atoms with van der Waals surface area (Å²) in [6.07, 6.45) is 6.86. The van der Waals surface area contributed by atoms with Gasteiger partial charge in [-0.15, -0.1) is 0 Å². The van der Waals surface area contributed by atoms with E-state index in [1.807, 2.05) is 24.3 Å². The number of pyridine rings is 1. The number of hydrogen-bond donors (Lipinski definition) is 2. The van der Waals surface area contributed by atoms with Crippen molar-refractivity contribution in [1.82, 2.24) is 15.2 Å². The van der Waals surface area contributed by atoms with Gasteiger partial charge in [0, 0.05) is 37.0 Å². The van der Waals surface area contributed by atoms with E-state index in [0.717, 1.165) is 47.0 Å². The number of unbranched alkanes of at least 4 members (excludes halogenated alkanes) is 2. The van der Waals surface area contributed by atoms with E-state index < -0.39 is 11.8 Å². The average molecular weight is 613 g/mol. The normalized spacial score (nSPS) is 12.8. The highest BCUT2D eigenvalue weighted by molar-refractivity contribution is 6.13. The number of benzene rings is 1. The average Bonchev–Trinajstić information content (AvgIpc) is 3.34. The lowest BCUT2D eigenvalue weighted by Crippen LogP contribution is -2.35. The molecule has 240 valence electrons. The van der Waals surface area contributed by atoms with Gasteiger partial charge in [0.1, 0.15) is 5.82 Å². The first kappa shape index (κ1) is 34.8. The van der Waals surface area contributed by atoms with Gasteiger partial charge < -0.3 is 29.6 Å². The van der Waals surface area contributed by atoms with Gasteiger partial charge in [0.05, 0.1) is 64.8 Å². The molecular formula is C32H44N4O8. The second-order valence-corrected chi connectivity index (χ2v) is 10.2. The molecule has 1 aromatic heterocycles. The van der Waals surface area contributed by atoms with E-state index in [9.17, 15) is 19.2 Å². The molecule has 3 rings (SSSR count). The zero-order valence-corrected chi connectivity index (χ0v) is 25.5. The summed E-state index contributed by atoms with van der Waals surface area (Å²) in [6, 6.07) is 10.0. The highest BCUT2D eigenvalue weighted by Gasteiger charge is 2.23. The third-order valence-corrected chi connectivity index (χ3v) is 6.73. The first-order chi connectivity index (χ1) is 21.5. The van der Waals surface area contributed by atoms with Crippen molar-refractivity contribution in [2.75, 3.05) is 71.3 Å². The Morgan fingerprint density at radius 2 is 1.43 bits per heavy atom. The molecule has 0 radical (unpaired) electrons. The molecule has 0 fully saturated rings. The van der Waals surface area contributed by atoms with Crippen molar-refractivity contribution in [2.45, 2.75) is 45.4 Å². The van der Waals surface area contributed by atoms with Crippen LogP contribution in [0.1, 0.15) is 44.6 Å². The summed E-state index contributed by atoms with van der Waals surface area (Å²) in [4.78, 5) is 53.0. The number of nitrogens with one attached hydrogen (secondary N) is 2. The second-order valence-electron chi connectivity index (χ2n) is 10.2. The van der Waals surface area contributed by atoms with Crippen LogP contribution in [0.15, 0.2) is 42.5 Å². The van der Waals surface area contributed by atoms with Crippen LogP contribution >= 0.6 is 0 Å². The molecule has 1 aromatic carbocycles. The number of ether oxygens (including phenoxy) is 4. The van der Waals surface area contributed by atoms with Gasteiger partial charge in [0.15, 0.2) is 0 Å². The van der Waals surface area contributed by atoms with Crippen molar-refractivity contribution in [2.24, 2.45) is 0 Å². The summed E-state index contributed by atoms with van der Waals surface area (Å²) in [5.41, 5.74) is 1.91. The zero-order chi connectivity index (χ0) is 31.4. The molecule has 2 aromatic rings. The van der Waals surface area contributed by atoms with Crippen LogP contribution in [0, 0.1) is 0 Å². The molecule has 12 nitrogen and oxygen atoms in total. The fourth-order valence-corrected chi connectivity index (χ4v) is 4.36. The third-order valence-electron chi connectivity index (χ3n) is 6.73. The Hall–Kier alpha value is -3.71. The molecule has 4 amide bonds. The number of hydrogen-bond acceptors (Lipinski definition) is 9. The third kappa shape index (κ3) is 12.9. The maximum absolute atomic E-state index is 12.5. The topological polar surface area (TPSA) is 145 Å². The monoisotopic (exact) mass is 612 g/mol. The Kier molecular flexibility index (Phi) is 16.0. The zero-order valence-electron chi connectivity index (χ0n) is 25.5. The molecule has 0 aliphatic carbocycles. The maximum Gasteiger partial charge on any atom is 0.253 e. The van der Waals surface area contributed by atoms with Gasteiger partial charge >= 0.3 is 0 Å². The molecule has 0 bridgehead atoms. The van der Waals surface area contributed by atoms with Crippen molar-refractivity contribution in [1.29, 1.82) is 0 Å². The van der Waals surface area contributed by atoms with Gasteiger partial charge in [-0.1, -0.05) is 38.0 Å². The van der Waals surface area contributed by atoms with Crippen molar-refractivity contribution in [3.63, 3.8) is 0 Å². The number of nitrogens with zero attached hydrogens (tertiary/aromatic N) is 2. The van der Waals surface area contributed by atoms with Gasteiger partial charge in [-0.3, -0.25) is 24.1 Å². The summed E-state index contributed by atoms with van der Waals surface area (Å²) >= 11 is 0. The number of imide groups is 1. The standard InChI is InChI=1S/C32H44N4O8/c1-2-3-4-8-26-24-25-7-5-6-9-27(25)34-32(26)35-29(38)13-16-41-18-20-43-22-23-44-21-19-42-17-14-33-28(37)12-15-36-30(39)10-11-31(36)40/h5-7,9-11,24H,2-4,8,12-23H2,1H3,(H,33,37)(H,34,35,38). The van der Waals surface area contributed by atoms with Gasteiger partial charge in [-0.2, -0.15) is 0 Å².